The van der Waals surface area contributed by atoms with Gasteiger partial charge >= 0.3 is 6.18 Å². The zero-order valence-corrected chi connectivity index (χ0v) is 17.6. The molecule has 1 aliphatic heterocycles. The van der Waals surface area contributed by atoms with Gasteiger partial charge in [-0.3, -0.25) is 9.59 Å². The highest BCUT2D eigenvalue weighted by Crippen LogP contribution is 2.33. The number of carbonyl (C=O) groups excluding carboxylic acids is 2. The normalized spacial score (nSPS) is 15.9. The fourth-order valence-electron chi connectivity index (χ4n) is 3.25. The topological polar surface area (TPSA) is 125 Å². The van der Waals surface area contributed by atoms with E-state index in [1.807, 2.05) is 17.9 Å². The van der Waals surface area contributed by atoms with E-state index in [0.29, 0.717) is 23.7 Å². The average molecular weight is 460 g/mol. The maximum atomic E-state index is 12.5. The van der Waals surface area contributed by atoms with E-state index in [4.69, 9.17) is 5.73 Å². The fourth-order valence-corrected chi connectivity index (χ4v) is 4.21. The van der Waals surface area contributed by atoms with E-state index in [9.17, 15) is 27.9 Å². The summed E-state index contributed by atoms with van der Waals surface area (Å²) in [6, 6.07) is 0.894. The number of nitrogens with two attached hydrogens (primary N) is 1. The molecule has 1 saturated heterocycles. The minimum absolute atomic E-state index is 0.112. The third-order valence-electron chi connectivity index (χ3n) is 4.89. The molecule has 0 spiro atoms. The highest BCUT2D eigenvalue weighted by atomic mass is 32.1. The number of hydrogen-bond donors (Lipinski definition) is 3. The number of aryl methyl sites for hydroxylation is 1. The number of aliphatic hydroxyl groups excluding tert-OH is 1. The molecule has 0 radical (unpaired) electrons. The summed E-state index contributed by atoms with van der Waals surface area (Å²) in [4.78, 5) is 37.0. The highest BCUT2D eigenvalue weighted by molar-refractivity contribution is 7.18. The number of fused-ring (bicyclic) bond motifs is 1. The Hall–Kier alpha value is -2.67. The average Bonchev–Trinajstić information content (AvgIpc) is 3.13. The third-order valence-corrected chi connectivity index (χ3v) is 6.06. The first kappa shape index (κ1) is 23.0. The van der Waals surface area contributed by atoms with Crippen LogP contribution in [0.2, 0.25) is 0 Å². The number of alkyl halides is 3. The van der Waals surface area contributed by atoms with Gasteiger partial charge in [-0.2, -0.15) is 18.2 Å². The predicted octanol–water partition coefficient (Wildman–Crippen LogP) is 1.11. The van der Waals surface area contributed by atoms with Crippen LogP contribution in [0.5, 0.6) is 0 Å². The van der Waals surface area contributed by atoms with Crippen LogP contribution >= 0.6 is 11.3 Å². The van der Waals surface area contributed by atoms with Crippen molar-refractivity contribution >= 4 is 45.1 Å². The Balaban J connectivity index is 1.84. The zero-order chi connectivity index (χ0) is 22.8. The van der Waals surface area contributed by atoms with Crippen molar-refractivity contribution in [3.8, 4) is 0 Å². The van der Waals surface area contributed by atoms with Crippen molar-refractivity contribution < 1.29 is 27.9 Å². The summed E-state index contributed by atoms with van der Waals surface area (Å²) in [6.45, 7) is 2.33. The summed E-state index contributed by atoms with van der Waals surface area (Å²) in [5, 5.41) is 12.9. The fraction of sp³-hybridized carbons (Fsp3) is 0.556. The first-order chi connectivity index (χ1) is 14.6. The quantitative estimate of drug-likeness (QED) is 0.565. The Bertz CT molecular complexity index is 959. The zero-order valence-electron chi connectivity index (χ0n) is 16.8. The third kappa shape index (κ3) is 5.53. The number of carbonyl (C=O) groups is 2. The van der Waals surface area contributed by atoms with Crippen molar-refractivity contribution in [1.82, 2.24) is 14.9 Å². The van der Waals surface area contributed by atoms with Crippen molar-refractivity contribution in [2.24, 2.45) is 5.73 Å². The minimum Gasteiger partial charge on any atom is -0.394 e. The summed E-state index contributed by atoms with van der Waals surface area (Å²) in [7, 11) is 0. The first-order valence-corrected chi connectivity index (χ1v) is 10.5. The number of amides is 2. The number of anilines is 2. The SMILES string of the molecule is CCc1cc2c(N3CCN(C(=O)CC(F)(F)F)CC3)nc(N[C@@H](CO)C(N)=O)nc2s1. The molecule has 0 saturated carbocycles. The smallest absolute Gasteiger partial charge is 0.394 e. The number of piperazine rings is 1. The van der Waals surface area contributed by atoms with Gasteiger partial charge in [-0.15, -0.1) is 11.3 Å². The van der Waals surface area contributed by atoms with Gasteiger partial charge in [0.2, 0.25) is 17.8 Å². The molecule has 4 N–H and O–H groups in total. The number of thiophene rings is 1. The van der Waals surface area contributed by atoms with Gasteiger partial charge in [0.05, 0.1) is 12.0 Å². The Morgan fingerprint density at radius 2 is 1.97 bits per heavy atom. The number of halogens is 3. The van der Waals surface area contributed by atoms with Gasteiger partial charge in [-0.25, -0.2) is 4.98 Å². The van der Waals surface area contributed by atoms with Crippen molar-refractivity contribution in [2.75, 3.05) is 43.0 Å². The van der Waals surface area contributed by atoms with Gasteiger partial charge in [-0.1, -0.05) is 6.92 Å². The molecule has 13 heteroatoms. The lowest BCUT2D eigenvalue weighted by molar-refractivity contribution is -0.161. The van der Waals surface area contributed by atoms with Crippen LogP contribution in [0.25, 0.3) is 10.2 Å². The van der Waals surface area contributed by atoms with Gasteiger partial charge in [0, 0.05) is 31.1 Å². The molecule has 170 valence electrons. The van der Waals surface area contributed by atoms with E-state index in [-0.39, 0.29) is 19.0 Å². The number of rotatable bonds is 7. The van der Waals surface area contributed by atoms with Gasteiger partial charge in [0.15, 0.2) is 0 Å². The second-order valence-electron chi connectivity index (χ2n) is 7.10. The summed E-state index contributed by atoms with van der Waals surface area (Å²) in [5.74, 6) is -1.05. The standard InChI is InChI=1S/C18H23F3N6O3S/c1-2-10-7-11-15(24-17(25-16(11)31-10)23-12(9-28)14(22)30)27-5-3-26(4-6-27)13(29)8-18(19,20)21/h7,12,28H,2-6,8-9H2,1H3,(H2,22,30)(H,23,24,25)/t12-/m0/s1. The van der Waals surface area contributed by atoms with Crippen molar-refractivity contribution in [3.05, 3.63) is 10.9 Å². The van der Waals surface area contributed by atoms with Crippen LogP contribution in [0.15, 0.2) is 6.07 Å². The number of hydrogen-bond acceptors (Lipinski definition) is 8. The van der Waals surface area contributed by atoms with E-state index < -0.39 is 37.1 Å². The maximum absolute atomic E-state index is 12.5. The number of nitrogens with one attached hydrogen (secondary N) is 1. The number of aliphatic hydroxyl groups is 1. The molecule has 2 aromatic heterocycles. The second-order valence-corrected chi connectivity index (χ2v) is 8.21. The van der Waals surface area contributed by atoms with E-state index in [1.165, 1.54) is 16.2 Å². The number of aromatic nitrogens is 2. The molecule has 0 unspecified atom stereocenters. The summed E-state index contributed by atoms with van der Waals surface area (Å²) in [6.07, 6.45) is -5.23. The molecule has 0 aromatic carbocycles. The monoisotopic (exact) mass is 460 g/mol. The summed E-state index contributed by atoms with van der Waals surface area (Å²) >= 11 is 1.46. The lowest BCUT2D eigenvalue weighted by atomic mass is 10.2. The Labute approximate surface area is 180 Å². The molecular weight excluding hydrogens is 437 g/mol. The molecule has 1 fully saturated rings. The maximum Gasteiger partial charge on any atom is 0.397 e. The molecule has 2 amide bonds. The van der Waals surface area contributed by atoms with Gasteiger partial charge < -0.3 is 26.0 Å². The van der Waals surface area contributed by atoms with Gasteiger partial charge in [-0.05, 0) is 12.5 Å². The molecule has 3 rings (SSSR count). The molecular formula is C18H23F3N6O3S. The van der Waals surface area contributed by atoms with Crippen LogP contribution in [-0.2, 0) is 16.0 Å². The summed E-state index contributed by atoms with van der Waals surface area (Å²) in [5.41, 5.74) is 5.26. The molecule has 31 heavy (non-hydrogen) atoms. The van der Waals surface area contributed by atoms with E-state index in [2.05, 4.69) is 15.3 Å². The van der Waals surface area contributed by atoms with Crippen LogP contribution < -0.4 is 16.0 Å². The van der Waals surface area contributed by atoms with Crippen LogP contribution in [0.4, 0.5) is 24.9 Å². The lowest BCUT2D eigenvalue weighted by Crippen LogP contribution is -2.49. The Kier molecular flexibility index (Phi) is 6.84. The number of primary amides is 1. The number of nitrogens with zero attached hydrogens (tertiary/aromatic N) is 4. The molecule has 1 atom stereocenters. The van der Waals surface area contributed by atoms with E-state index in [0.717, 1.165) is 16.7 Å². The molecule has 3 heterocycles. The molecule has 0 aliphatic carbocycles. The molecule has 2 aromatic rings. The van der Waals surface area contributed by atoms with Crippen molar-refractivity contribution in [1.29, 1.82) is 0 Å². The van der Waals surface area contributed by atoms with Crippen LogP contribution in [0.3, 0.4) is 0 Å². The van der Waals surface area contributed by atoms with Crippen LogP contribution in [0.1, 0.15) is 18.2 Å². The van der Waals surface area contributed by atoms with Crippen molar-refractivity contribution in [2.45, 2.75) is 32.0 Å². The Morgan fingerprint density at radius 3 is 2.52 bits per heavy atom. The Morgan fingerprint density at radius 1 is 1.29 bits per heavy atom. The molecule has 0 bridgehead atoms. The summed E-state index contributed by atoms with van der Waals surface area (Å²) < 4.78 is 37.5. The largest absolute Gasteiger partial charge is 0.397 e. The highest BCUT2D eigenvalue weighted by Gasteiger charge is 2.35. The predicted molar refractivity (Wildman–Crippen MR) is 110 cm³/mol. The lowest BCUT2D eigenvalue weighted by Gasteiger charge is -2.36. The second kappa shape index (κ2) is 9.22. The molecule has 9 nitrogen and oxygen atoms in total. The van der Waals surface area contributed by atoms with Gasteiger partial charge in [0.1, 0.15) is 23.1 Å². The molecule has 1 aliphatic rings. The minimum atomic E-state index is -4.54. The van der Waals surface area contributed by atoms with E-state index >= 15 is 0 Å². The first-order valence-electron chi connectivity index (χ1n) is 9.68. The van der Waals surface area contributed by atoms with E-state index in [1.54, 1.807) is 0 Å². The van der Waals surface area contributed by atoms with Gasteiger partial charge in [0.25, 0.3) is 0 Å². The van der Waals surface area contributed by atoms with Crippen molar-refractivity contribution in [3.63, 3.8) is 0 Å². The van der Waals surface area contributed by atoms with Crippen LogP contribution in [0, 0.1) is 0 Å². The van der Waals surface area contributed by atoms with Crippen LogP contribution in [-0.4, -0.2) is 76.8 Å².